The summed E-state index contributed by atoms with van der Waals surface area (Å²) in [6.07, 6.45) is 4.71. The van der Waals surface area contributed by atoms with Crippen molar-refractivity contribution in [3.8, 4) is 0 Å². The fraction of sp³-hybridized carbons (Fsp3) is 0.550. The minimum absolute atomic E-state index is 0.187. The number of likely N-dealkylation sites (tertiary alicyclic amines) is 1. The number of carbonyl (C=O) groups is 1. The van der Waals surface area contributed by atoms with E-state index in [9.17, 15) is 4.79 Å². The Balaban J connectivity index is 1.92. The van der Waals surface area contributed by atoms with Crippen molar-refractivity contribution in [1.82, 2.24) is 9.80 Å². The topological polar surface area (TPSA) is 32.8 Å². The van der Waals surface area contributed by atoms with Crippen molar-refractivity contribution < 1.29 is 9.53 Å². The van der Waals surface area contributed by atoms with Crippen LogP contribution in [0.25, 0.3) is 0 Å². The number of likely N-dealkylation sites (N-methyl/N-ethyl adjacent to an activating group) is 1. The molecule has 0 bridgehead atoms. The summed E-state index contributed by atoms with van der Waals surface area (Å²) in [7, 11) is 2.19. The summed E-state index contributed by atoms with van der Waals surface area (Å²) in [5, 5.41) is 0. The van der Waals surface area contributed by atoms with Gasteiger partial charge in [0.15, 0.2) is 0 Å². The normalized spacial score (nSPS) is 20.6. The van der Waals surface area contributed by atoms with Gasteiger partial charge in [-0.2, -0.15) is 0 Å². The van der Waals surface area contributed by atoms with E-state index in [2.05, 4.69) is 58.7 Å². The van der Waals surface area contributed by atoms with Gasteiger partial charge < -0.3 is 14.5 Å². The van der Waals surface area contributed by atoms with Gasteiger partial charge in [0.2, 0.25) is 0 Å². The van der Waals surface area contributed by atoms with Crippen LogP contribution in [0.5, 0.6) is 0 Å². The standard InChI is InChI=1S/C20H29BrN2O2/c1-4-6-17-15-23(20(24)25-5-2)14-12-19(17)22(3)13-11-16-7-9-18(21)10-8-16/h4,7-10,17,19H,1,5-6,11-15H2,2-3H3. The van der Waals surface area contributed by atoms with E-state index >= 15 is 0 Å². The van der Waals surface area contributed by atoms with Crippen molar-refractivity contribution in [1.29, 1.82) is 0 Å². The van der Waals surface area contributed by atoms with E-state index in [-0.39, 0.29) is 6.09 Å². The van der Waals surface area contributed by atoms with Gasteiger partial charge in [0.25, 0.3) is 0 Å². The van der Waals surface area contributed by atoms with Crippen molar-refractivity contribution in [3.63, 3.8) is 0 Å². The third-order valence-corrected chi connectivity index (χ3v) is 5.45. The first-order valence-corrected chi connectivity index (χ1v) is 9.81. The highest BCUT2D eigenvalue weighted by Gasteiger charge is 2.33. The first-order chi connectivity index (χ1) is 12.0. The molecule has 1 fully saturated rings. The molecule has 0 aromatic heterocycles. The predicted molar refractivity (Wildman–Crippen MR) is 106 cm³/mol. The van der Waals surface area contributed by atoms with Gasteiger partial charge in [-0.3, -0.25) is 0 Å². The van der Waals surface area contributed by atoms with Crippen LogP contribution in [-0.2, 0) is 11.2 Å². The summed E-state index contributed by atoms with van der Waals surface area (Å²) >= 11 is 3.48. The van der Waals surface area contributed by atoms with Crippen LogP contribution in [0.1, 0.15) is 25.3 Å². The van der Waals surface area contributed by atoms with Crippen LogP contribution in [0.15, 0.2) is 41.4 Å². The van der Waals surface area contributed by atoms with Crippen LogP contribution in [0, 0.1) is 5.92 Å². The summed E-state index contributed by atoms with van der Waals surface area (Å²) in [4.78, 5) is 16.3. The van der Waals surface area contributed by atoms with E-state index < -0.39 is 0 Å². The molecular weight excluding hydrogens is 380 g/mol. The number of hydrogen-bond donors (Lipinski definition) is 0. The molecule has 0 spiro atoms. The Hall–Kier alpha value is -1.33. The third kappa shape index (κ3) is 5.86. The maximum Gasteiger partial charge on any atom is 0.409 e. The third-order valence-electron chi connectivity index (χ3n) is 4.92. The van der Waals surface area contributed by atoms with Crippen LogP contribution >= 0.6 is 15.9 Å². The van der Waals surface area contributed by atoms with Gasteiger partial charge in [-0.25, -0.2) is 4.79 Å². The van der Waals surface area contributed by atoms with E-state index in [0.717, 1.165) is 43.4 Å². The van der Waals surface area contributed by atoms with Crippen molar-refractivity contribution in [2.45, 2.75) is 32.2 Å². The number of halogens is 1. The molecule has 1 amide bonds. The fourth-order valence-electron chi connectivity index (χ4n) is 3.55. The molecule has 25 heavy (non-hydrogen) atoms. The molecule has 2 atom stereocenters. The Kier molecular flexibility index (Phi) is 7.97. The number of ether oxygens (including phenoxy) is 1. The summed E-state index contributed by atoms with van der Waals surface area (Å²) in [6, 6.07) is 8.99. The number of allylic oxidation sites excluding steroid dienone is 1. The first-order valence-electron chi connectivity index (χ1n) is 9.02. The van der Waals surface area contributed by atoms with Gasteiger partial charge in [0, 0.05) is 30.1 Å². The number of carbonyl (C=O) groups excluding carboxylic acids is 1. The second kappa shape index (κ2) is 9.97. The fourth-order valence-corrected chi connectivity index (χ4v) is 3.81. The molecule has 2 rings (SSSR count). The van der Waals surface area contributed by atoms with E-state index in [4.69, 9.17) is 4.74 Å². The summed E-state index contributed by atoms with van der Waals surface area (Å²) < 4.78 is 6.28. The summed E-state index contributed by atoms with van der Waals surface area (Å²) in [5.74, 6) is 0.408. The minimum Gasteiger partial charge on any atom is -0.450 e. The predicted octanol–water partition coefficient (Wildman–Crippen LogP) is 4.35. The van der Waals surface area contributed by atoms with Crippen molar-refractivity contribution >= 4 is 22.0 Å². The lowest BCUT2D eigenvalue weighted by Crippen LogP contribution is -2.51. The van der Waals surface area contributed by atoms with Gasteiger partial charge in [0.1, 0.15) is 0 Å². The second-order valence-electron chi connectivity index (χ2n) is 6.64. The summed E-state index contributed by atoms with van der Waals surface area (Å²) in [5.41, 5.74) is 1.35. The van der Waals surface area contributed by atoms with Crippen molar-refractivity contribution in [2.75, 3.05) is 33.3 Å². The molecule has 138 valence electrons. The molecule has 0 saturated carbocycles. The Labute approximate surface area is 160 Å². The zero-order chi connectivity index (χ0) is 18.2. The Morgan fingerprint density at radius 3 is 2.80 bits per heavy atom. The van der Waals surface area contributed by atoms with Crippen molar-refractivity contribution in [3.05, 3.63) is 47.0 Å². The molecule has 4 nitrogen and oxygen atoms in total. The number of piperidine rings is 1. The lowest BCUT2D eigenvalue weighted by Gasteiger charge is -2.42. The Bertz CT molecular complexity index is 561. The maximum atomic E-state index is 12.0. The van der Waals surface area contributed by atoms with Crippen LogP contribution < -0.4 is 0 Å². The summed E-state index contributed by atoms with van der Waals surface area (Å²) in [6.45, 7) is 8.70. The van der Waals surface area contributed by atoms with E-state index in [1.165, 1.54) is 5.56 Å². The SMILES string of the molecule is C=CCC1CN(C(=O)OCC)CCC1N(C)CCc1ccc(Br)cc1. The van der Waals surface area contributed by atoms with Gasteiger partial charge in [-0.1, -0.05) is 34.1 Å². The molecule has 0 aliphatic carbocycles. The Morgan fingerprint density at radius 2 is 2.16 bits per heavy atom. The molecule has 0 N–H and O–H groups in total. The van der Waals surface area contributed by atoms with Crippen LogP contribution in [0.4, 0.5) is 4.79 Å². The molecule has 0 radical (unpaired) electrons. The number of amides is 1. The number of rotatable bonds is 7. The molecule has 1 aliphatic heterocycles. The average Bonchev–Trinajstić information content (AvgIpc) is 2.61. The van der Waals surface area contributed by atoms with Crippen LogP contribution in [0.3, 0.4) is 0 Å². The zero-order valence-corrected chi connectivity index (χ0v) is 16.9. The van der Waals surface area contributed by atoms with E-state index in [0.29, 0.717) is 18.6 Å². The highest BCUT2D eigenvalue weighted by atomic mass is 79.9. The highest BCUT2D eigenvalue weighted by molar-refractivity contribution is 9.10. The molecule has 5 heteroatoms. The van der Waals surface area contributed by atoms with Gasteiger partial charge in [0.05, 0.1) is 6.61 Å². The van der Waals surface area contributed by atoms with Crippen molar-refractivity contribution in [2.24, 2.45) is 5.92 Å². The van der Waals surface area contributed by atoms with Gasteiger partial charge in [-0.15, -0.1) is 6.58 Å². The smallest absolute Gasteiger partial charge is 0.409 e. The number of nitrogens with zero attached hydrogens (tertiary/aromatic N) is 2. The lowest BCUT2D eigenvalue weighted by molar-refractivity contribution is 0.0531. The molecule has 1 saturated heterocycles. The molecular formula is C20H29BrN2O2. The minimum atomic E-state index is -0.187. The van der Waals surface area contributed by atoms with Crippen LogP contribution in [-0.4, -0.2) is 55.2 Å². The maximum absolute atomic E-state index is 12.0. The van der Waals surface area contributed by atoms with E-state index in [1.54, 1.807) is 0 Å². The second-order valence-corrected chi connectivity index (χ2v) is 7.56. The van der Waals surface area contributed by atoms with Crippen LogP contribution in [0.2, 0.25) is 0 Å². The Morgan fingerprint density at radius 1 is 1.44 bits per heavy atom. The highest BCUT2D eigenvalue weighted by Crippen LogP contribution is 2.25. The molecule has 1 heterocycles. The molecule has 1 aliphatic rings. The molecule has 2 unspecified atom stereocenters. The van der Waals surface area contributed by atoms with E-state index in [1.807, 2.05) is 17.9 Å². The molecule has 1 aromatic carbocycles. The van der Waals surface area contributed by atoms with Gasteiger partial charge in [-0.05, 0) is 56.8 Å². The first kappa shape index (κ1) is 20.0. The molecule has 1 aromatic rings. The number of benzene rings is 1. The zero-order valence-electron chi connectivity index (χ0n) is 15.3. The average molecular weight is 409 g/mol. The largest absolute Gasteiger partial charge is 0.450 e. The van der Waals surface area contributed by atoms with Gasteiger partial charge >= 0.3 is 6.09 Å². The number of hydrogen-bond acceptors (Lipinski definition) is 3. The monoisotopic (exact) mass is 408 g/mol. The lowest BCUT2D eigenvalue weighted by atomic mass is 9.88. The quantitative estimate of drug-likeness (QED) is 0.628.